The molecule has 0 saturated heterocycles. The van der Waals surface area contributed by atoms with Gasteiger partial charge in [0.15, 0.2) is 0 Å². The molecule has 0 N–H and O–H groups in total. The quantitative estimate of drug-likeness (QED) is 0.187. The first-order valence-corrected chi connectivity index (χ1v) is 15.1. The Kier molecular flexibility index (Phi) is 13.9. The van der Waals surface area contributed by atoms with Crippen molar-refractivity contribution in [3.05, 3.63) is 88.0 Å². The molecule has 0 bridgehead atoms. The predicted molar refractivity (Wildman–Crippen MR) is 149 cm³/mol. The second-order valence-corrected chi connectivity index (χ2v) is 10.9. The Balaban J connectivity index is 0.000000784. The van der Waals surface area contributed by atoms with Gasteiger partial charge in [0.1, 0.15) is 0 Å². The maximum absolute atomic E-state index is 11.2. The Hall–Kier alpha value is -1.99. The Morgan fingerprint density at radius 1 is 0.629 bits per heavy atom. The van der Waals surface area contributed by atoms with E-state index in [1.807, 2.05) is 14.4 Å². The van der Waals surface area contributed by atoms with Gasteiger partial charge in [0.2, 0.25) is 11.4 Å². The van der Waals surface area contributed by atoms with E-state index < -0.39 is 0 Å². The topological polar surface area (TPSA) is 25.3 Å². The fourth-order valence-corrected chi connectivity index (χ4v) is 4.71. The summed E-state index contributed by atoms with van der Waals surface area (Å²) in [6.07, 6.45) is 12.5. The molecule has 35 heavy (non-hydrogen) atoms. The van der Waals surface area contributed by atoms with Crippen molar-refractivity contribution < 1.29 is 19.1 Å². The second-order valence-electron chi connectivity index (χ2n) is 9.03. The second kappa shape index (κ2) is 16.6. The molecule has 2 nitrogen and oxygen atoms in total. The van der Waals surface area contributed by atoms with Crippen LogP contribution in [0.15, 0.2) is 60.2 Å². The molecule has 3 heteroatoms. The summed E-state index contributed by atoms with van der Waals surface area (Å²) in [6.45, 7) is 11.0. The van der Waals surface area contributed by atoms with Crippen LogP contribution in [0.5, 0.6) is 0 Å². The number of nitrogens with zero attached hydrogens (tertiary/aromatic N) is 2. The summed E-state index contributed by atoms with van der Waals surface area (Å²) in [5, 5.41) is 2.56. The van der Waals surface area contributed by atoms with Crippen LogP contribution in [0.4, 0.5) is 0 Å². The molecule has 0 unspecified atom stereocenters. The van der Waals surface area contributed by atoms with Crippen LogP contribution in [0, 0.1) is 0 Å². The first-order valence-electron chi connectivity index (χ1n) is 13.7. The number of aryl methyl sites for hydroxylation is 2. The van der Waals surface area contributed by atoms with Crippen LogP contribution in [-0.4, -0.2) is 4.70 Å². The minimum absolute atomic E-state index is 0.883. The van der Waals surface area contributed by atoms with Crippen molar-refractivity contribution in [1.29, 1.82) is 0 Å². The van der Waals surface area contributed by atoms with Gasteiger partial charge in [-0.3, -0.25) is 0 Å². The van der Waals surface area contributed by atoms with Crippen molar-refractivity contribution in [2.45, 2.75) is 103 Å². The first kappa shape index (κ1) is 29.2. The van der Waals surface area contributed by atoms with Crippen LogP contribution in [0.25, 0.3) is 16.9 Å². The molecule has 0 atom stereocenters. The maximum atomic E-state index is 11.2. The molecule has 0 fully saturated rings. The van der Waals surface area contributed by atoms with E-state index in [2.05, 4.69) is 89.2 Å². The number of rotatable bonds is 13. The van der Waals surface area contributed by atoms with Crippen molar-refractivity contribution in [3.8, 4) is 0 Å². The zero-order valence-electron chi connectivity index (χ0n) is 22.7. The van der Waals surface area contributed by atoms with Gasteiger partial charge < -0.3 is 5.53 Å². The fourth-order valence-electron chi connectivity index (χ4n) is 4.21. The van der Waals surface area contributed by atoms with E-state index in [1.54, 1.807) is 0 Å². The predicted octanol–water partition coefficient (Wildman–Crippen LogP) is 10.3. The number of hydrogen-bond donors (Lipinski definition) is 0. The van der Waals surface area contributed by atoms with Crippen LogP contribution in [0.3, 0.4) is 0 Å². The van der Waals surface area contributed by atoms with E-state index in [9.17, 15) is 5.53 Å². The Bertz CT molecular complexity index is 950. The van der Waals surface area contributed by atoms with E-state index >= 15 is 0 Å². The third kappa shape index (κ3) is 9.19. The summed E-state index contributed by atoms with van der Waals surface area (Å²) in [7, 11) is 0. The molecule has 0 aromatic heterocycles. The van der Waals surface area contributed by atoms with E-state index in [0.717, 1.165) is 54.6 Å². The third-order valence-electron chi connectivity index (χ3n) is 6.29. The van der Waals surface area contributed by atoms with Crippen molar-refractivity contribution in [2.24, 2.45) is 0 Å². The SMILES string of the molecule is CCCCC1=C(c2ccc(CCCC)cc2)[N+](=[N-])C(c2ccc(CCCC)cc2)=C1.C[CH2][Ni][CH2]C. The van der Waals surface area contributed by atoms with Crippen molar-refractivity contribution in [1.82, 2.24) is 0 Å². The molecule has 0 aliphatic carbocycles. The summed E-state index contributed by atoms with van der Waals surface area (Å²) in [5.74, 6) is 0. The molecule has 194 valence electrons. The average Bonchev–Trinajstić information content (AvgIpc) is 3.22. The zero-order chi connectivity index (χ0) is 25.5. The molecular formula is C32H46N2Ni. The van der Waals surface area contributed by atoms with E-state index in [1.165, 1.54) is 57.9 Å². The molecule has 0 radical (unpaired) electrons. The van der Waals surface area contributed by atoms with Gasteiger partial charge in [-0.1, -0.05) is 64.3 Å². The van der Waals surface area contributed by atoms with Gasteiger partial charge >= 0.3 is 39.1 Å². The molecule has 0 spiro atoms. The molecule has 1 heterocycles. The van der Waals surface area contributed by atoms with Crippen molar-refractivity contribution in [2.75, 3.05) is 0 Å². The molecule has 1 aliphatic rings. The van der Waals surface area contributed by atoms with Gasteiger partial charge in [0.25, 0.3) is 0 Å². The molecule has 3 rings (SSSR count). The Morgan fingerprint density at radius 3 is 1.51 bits per heavy atom. The average molecular weight is 517 g/mol. The molecule has 0 amide bonds. The van der Waals surface area contributed by atoms with Crippen LogP contribution in [-0.2, 0) is 27.3 Å². The number of benzene rings is 2. The van der Waals surface area contributed by atoms with Crippen LogP contribution in [0.1, 0.15) is 102 Å². The summed E-state index contributed by atoms with van der Waals surface area (Å²) in [4.78, 5) is 0. The molecule has 2 aromatic carbocycles. The summed E-state index contributed by atoms with van der Waals surface area (Å²) in [6, 6.07) is 17.5. The van der Waals surface area contributed by atoms with E-state index in [0.29, 0.717) is 0 Å². The Morgan fingerprint density at radius 2 is 1.09 bits per heavy atom. The number of allylic oxidation sites excluding steroid dienone is 2. The zero-order valence-corrected chi connectivity index (χ0v) is 23.7. The van der Waals surface area contributed by atoms with Crippen molar-refractivity contribution >= 4 is 11.4 Å². The molecule has 2 aromatic rings. The number of unbranched alkanes of at least 4 members (excludes halogenated alkanes) is 3. The number of hydrogen-bond acceptors (Lipinski definition) is 0. The van der Waals surface area contributed by atoms with Crippen molar-refractivity contribution in [3.63, 3.8) is 0 Å². The van der Waals surface area contributed by atoms with Crippen LogP contribution in [0.2, 0.25) is 10.8 Å². The Labute approximate surface area is 221 Å². The normalized spacial score (nSPS) is 13.2. The van der Waals surface area contributed by atoms with E-state index in [4.69, 9.17) is 0 Å². The van der Waals surface area contributed by atoms with Gasteiger partial charge in [0, 0.05) is 22.8 Å². The van der Waals surface area contributed by atoms with Gasteiger partial charge in [0.05, 0.1) is 0 Å². The van der Waals surface area contributed by atoms with Crippen LogP contribution >= 0.6 is 0 Å². The molecule has 1 aliphatic heterocycles. The molecule has 0 saturated carbocycles. The first-order chi connectivity index (χ1) is 17.1. The summed E-state index contributed by atoms with van der Waals surface area (Å²) < 4.78 is 1.41. The van der Waals surface area contributed by atoms with Gasteiger partial charge in [-0.25, -0.2) is 4.70 Å². The fraction of sp³-hybridized carbons (Fsp3) is 0.500. The minimum atomic E-state index is 0.883. The monoisotopic (exact) mass is 516 g/mol. The summed E-state index contributed by atoms with van der Waals surface area (Å²) >= 11 is 1.82. The third-order valence-corrected chi connectivity index (χ3v) is 7.27. The van der Waals surface area contributed by atoms with Gasteiger partial charge in [-0.15, -0.1) is 0 Å². The standard InChI is InChI=1S/C28H36N2.2C2H5.Ni/c1-4-7-10-22-13-17-24(18-14-22)27-21-26(12-9-6-3)28(30(27)29)25-19-15-23(16-20-25)11-8-5-2;2*1-2;/h13-21H,4-12H2,1-3H3;2*1H2,2H3;. The van der Waals surface area contributed by atoms with E-state index in [-0.39, 0.29) is 0 Å². The van der Waals surface area contributed by atoms with Gasteiger partial charge in [-0.05, 0) is 73.9 Å². The van der Waals surface area contributed by atoms with Crippen LogP contribution < -0.4 is 0 Å². The van der Waals surface area contributed by atoms with Gasteiger partial charge in [-0.2, -0.15) is 0 Å². The molecular weight excluding hydrogens is 471 g/mol. The summed E-state index contributed by atoms with van der Waals surface area (Å²) in [5.41, 5.74) is 19.1.